The van der Waals surface area contributed by atoms with Crippen molar-refractivity contribution in [2.24, 2.45) is 4.99 Å². The van der Waals surface area contributed by atoms with Crippen molar-refractivity contribution in [3.8, 4) is 0 Å². The number of nitrogens with zero attached hydrogens (tertiary/aromatic N) is 1. The number of hydrogen-bond donors (Lipinski definition) is 0. The second kappa shape index (κ2) is 3.91. The molecular weight excluding hydrogens is 130 g/mol. The van der Waals surface area contributed by atoms with Crippen molar-refractivity contribution in [3.63, 3.8) is 0 Å². The third kappa shape index (κ3) is 2.01. The summed E-state index contributed by atoms with van der Waals surface area (Å²) in [7, 11) is 0. The number of thioether (sulfide) groups is 1. The van der Waals surface area contributed by atoms with E-state index in [0.29, 0.717) is 0 Å². The first kappa shape index (κ1) is 6.73. The van der Waals surface area contributed by atoms with Crippen molar-refractivity contribution in [2.75, 3.05) is 12.3 Å². The topological polar surface area (TPSA) is 12.4 Å². The Bertz CT molecular complexity index is 48.8. The smallest absolute Gasteiger partial charge is 0.122 e. The van der Waals surface area contributed by atoms with Crippen molar-refractivity contribution < 1.29 is 21.7 Å². The monoisotopic (exact) mass is 134 g/mol. The van der Waals surface area contributed by atoms with Crippen LogP contribution in [0.2, 0.25) is 0 Å². The molecule has 0 aromatic heterocycles. The van der Waals surface area contributed by atoms with Gasteiger partial charge in [0.25, 0.3) is 0 Å². The molecule has 1 aliphatic rings. The Morgan fingerprint density at radius 3 is 2.67 bits per heavy atom. The molecule has 3 heteroatoms. The molecule has 1 nitrogen and oxygen atoms in total. The SMILES string of the molecule is [C]1=NCCS1.[Ti]. The molecule has 0 bridgehead atoms. The van der Waals surface area contributed by atoms with Crippen LogP contribution in [-0.2, 0) is 21.7 Å². The van der Waals surface area contributed by atoms with Gasteiger partial charge in [-0.05, 0) is 0 Å². The number of aliphatic imine (C=N–C) groups is 1. The molecule has 1 rings (SSSR count). The van der Waals surface area contributed by atoms with E-state index in [0.717, 1.165) is 12.3 Å². The summed E-state index contributed by atoms with van der Waals surface area (Å²) in [6.45, 7) is 0.977. The van der Waals surface area contributed by atoms with Crippen molar-refractivity contribution >= 4 is 17.3 Å². The van der Waals surface area contributed by atoms with Crippen LogP contribution in [0, 0.1) is 0 Å². The minimum absolute atomic E-state index is 0. The fourth-order valence-corrected chi connectivity index (χ4v) is 0.685. The van der Waals surface area contributed by atoms with Crippen LogP contribution in [0.25, 0.3) is 0 Å². The van der Waals surface area contributed by atoms with Crippen LogP contribution in [0.5, 0.6) is 0 Å². The van der Waals surface area contributed by atoms with E-state index in [4.69, 9.17) is 0 Å². The van der Waals surface area contributed by atoms with Gasteiger partial charge in [-0.1, -0.05) is 0 Å². The third-order valence-electron chi connectivity index (χ3n) is 0.434. The predicted molar refractivity (Wildman–Crippen MR) is 24.8 cm³/mol. The Kier molecular flexibility index (Phi) is 4.39. The minimum Gasteiger partial charge on any atom is -0.275 e. The zero-order chi connectivity index (χ0) is 3.54. The zero-order valence-electron chi connectivity index (χ0n) is 3.27. The first-order valence-corrected chi connectivity index (χ1v) is 2.52. The molecule has 0 aromatic rings. The van der Waals surface area contributed by atoms with Gasteiger partial charge in [0.2, 0.25) is 0 Å². The largest absolute Gasteiger partial charge is 0.275 e. The summed E-state index contributed by atoms with van der Waals surface area (Å²) < 4.78 is 0. The van der Waals surface area contributed by atoms with Crippen LogP contribution in [0.4, 0.5) is 0 Å². The van der Waals surface area contributed by atoms with E-state index in [1.165, 1.54) is 0 Å². The molecule has 1 aliphatic heterocycles. The maximum absolute atomic E-state index is 3.80. The second-order valence-electron chi connectivity index (χ2n) is 0.821. The normalized spacial score (nSPS) is 17.3. The fourth-order valence-electron chi connectivity index (χ4n) is 0.228. The summed E-state index contributed by atoms with van der Waals surface area (Å²) in [4.78, 5) is 3.80. The molecule has 31 valence electrons. The summed E-state index contributed by atoms with van der Waals surface area (Å²) in [5.41, 5.74) is 2.76. The summed E-state index contributed by atoms with van der Waals surface area (Å²) in [5.74, 6) is 1.14. The van der Waals surface area contributed by atoms with Crippen molar-refractivity contribution in [1.29, 1.82) is 0 Å². The summed E-state index contributed by atoms with van der Waals surface area (Å²) in [6.07, 6.45) is 0. The van der Waals surface area contributed by atoms with Gasteiger partial charge in [-0.3, -0.25) is 4.99 Å². The maximum Gasteiger partial charge on any atom is 0.122 e. The Morgan fingerprint density at radius 2 is 2.50 bits per heavy atom. The first-order valence-electron chi connectivity index (χ1n) is 1.53. The average Bonchev–Trinajstić information content (AvgIpc) is 1.76. The van der Waals surface area contributed by atoms with Gasteiger partial charge in [0, 0.05) is 34.0 Å². The van der Waals surface area contributed by atoms with Crippen LogP contribution in [-0.4, -0.2) is 17.8 Å². The van der Waals surface area contributed by atoms with Crippen LogP contribution >= 0.6 is 11.8 Å². The summed E-state index contributed by atoms with van der Waals surface area (Å²) in [6, 6.07) is 0. The quantitative estimate of drug-likeness (QED) is 0.442. The molecule has 0 aliphatic carbocycles. The van der Waals surface area contributed by atoms with Gasteiger partial charge in [0.15, 0.2) is 0 Å². The van der Waals surface area contributed by atoms with E-state index >= 15 is 0 Å². The Labute approximate surface area is 56.5 Å². The van der Waals surface area contributed by atoms with Gasteiger partial charge in [-0.2, -0.15) is 0 Å². The molecule has 0 spiro atoms. The molecule has 0 N–H and O–H groups in total. The van der Waals surface area contributed by atoms with Crippen molar-refractivity contribution in [2.45, 2.75) is 0 Å². The van der Waals surface area contributed by atoms with Crippen LogP contribution in [0.3, 0.4) is 0 Å². The van der Waals surface area contributed by atoms with E-state index in [1.54, 1.807) is 11.8 Å². The van der Waals surface area contributed by atoms with Crippen LogP contribution in [0.1, 0.15) is 0 Å². The van der Waals surface area contributed by atoms with Crippen molar-refractivity contribution in [1.82, 2.24) is 0 Å². The van der Waals surface area contributed by atoms with E-state index in [9.17, 15) is 0 Å². The van der Waals surface area contributed by atoms with Crippen LogP contribution in [0.15, 0.2) is 4.99 Å². The Balaban J connectivity index is 0.000000250. The van der Waals surface area contributed by atoms with Gasteiger partial charge in [0.05, 0.1) is 0 Å². The molecule has 0 amide bonds. The van der Waals surface area contributed by atoms with Gasteiger partial charge < -0.3 is 0 Å². The molecule has 0 atom stereocenters. The molecule has 0 fully saturated rings. The van der Waals surface area contributed by atoms with E-state index in [1.807, 2.05) is 0 Å². The predicted octanol–water partition coefficient (Wildman–Crippen LogP) is 0.636. The molecule has 1 radical (unpaired) electrons. The summed E-state index contributed by atoms with van der Waals surface area (Å²) >= 11 is 1.66. The van der Waals surface area contributed by atoms with E-state index in [2.05, 4.69) is 10.5 Å². The standard InChI is InChI=1S/C3H4NS.Ti/c1-2-5-3-4-1;/h1-2H2;. The first-order chi connectivity index (χ1) is 2.50. The van der Waals surface area contributed by atoms with Crippen molar-refractivity contribution in [3.05, 3.63) is 0 Å². The molecule has 0 unspecified atom stereocenters. The van der Waals surface area contributed by atoms with E-state index in [-0.39, 0.29) is 21.7 Å². The minimum atomic E-state index is 0. The fraction of sp³-hybridized carbons (Fsp3) is 0.667. The molecule has 1 heterocycles. The van der Waals surface area contributed by atoms with E-state index < -0.39 is 0 Å². The Morgan fingerprint density at radius 1 is 1.67 bits per heavy atom. The maximum atomic E-state index is 3.80. The van der Waals surface area contributed by atoms with Gasteiger partial charge >= 0.3 is 0 Å². The average molecular weight is 134 g/mol. The molecule has 0 aromatic carbocycles. The van der Waals surface area contributed by atoms with Gasteiger partial charge in [0.1, 0.15) is 5.55 Å². The zero-order valence-corrected chi connectivity index (χ0v) is 5.65. The van der Waals surface area contributed by atoms with Crippen LogP contribution < -0.4 is 0 Å². The van der Waals surface area contributed by atoms with Gasteiger partial charge in [-0.15, -0.1) is 11.8 Å². The molecule has 0 saturated carbocycles. The number of hydrogen-bond acceptors (Lipinski definition) is 2. The number of rotatable bonds is 0. The summed E-state index contributed by atoms with van der Waals surface area (Å²) in [5, 5.41) is 0. The third-order valence-corrected chi connectivity index (χ3v) is 1.08. The molecule has 0 saturated heterocycles. The van der Waals surface area contributed by atoms with Gasteiger partial charge in [-0.25, -0.2) is 0 Å². The molecule has 6 heavy (non-hydrogen) atoms. The molecular formula is C3H4NSTi. The Hall–Kier alpha value is 0.734. The second-order valence-corrected chi connectivity index (χ2v) is 1.70.